The Kier molecular flexibility index (Phi) is 7.17. The van der Waals surface area contributed by atoms with Crippen molar-refractivity contribution in [1.29, 1.82) is 0 Å². The summed E-state index contributed by atoms with van der Waals surface area (Å²) in [6.07, 6.45) is 1.82. The van der Waals surface area contributed by atoms with Crippen molar-refractivity contribution in [2.24, 2.45) is 5.10 Å². The number of pyridine rings is 1. The molecule has 9 nitrogen and oxygen atoms in total. The van der Waals surface area contributed by atoms with E-state index in [9.17, 15) is 19.8 Å². The third-order valence-electron chi connectivity index (χ3n) is 6.34. The summed E-state index contributed by atoms with van der Waals surface area (Å²) >= 11 is 12.9. The zero-order valence-corrected chi connectivity index (χ0v) is 22.5. The van der Waals surface area contributed by atoms with E-state index < -0.39 is 23.9 Å². The number of aromatic nitrogens is 1. The average Bonchev–Trinajstić information content (AvgIpc) is 3.56. The first-order valence-electron chi connectivity index (χ1n) is 12.0. The number of benzene rings is 2. The smallest absolute Gasteiger partial charge is 0.250 e. The van der Waals surface area contributed by atoms with E-state index in [4.69, 9.17) is 32.6 Å². The molecular weight excluding hydrogens is 543 g/mol. The second kappa shape index (κ2) is 10.4. The molecule has 0 saturated heterocycles. The molecule has 0 bridgehead atoms. The SMILES string of the molecule is CC(C)(O)C(=O)c1oc2nc(-c3ccc(C4C=NNC4)cc3Cl)c(-c3ccc(Cl)cc3)cc2c1NC(=O)CO. The first-order chi connectivity index (χ1) is 18.6. The quantitative estimate of drug-likeness (QED) is 0.230. The van der Waals surface area contributed by atoms with Crippen molar-refractivity contribution in [2.45, 2.75) is 25.4 Å². The Bertz CT molecular complexity index is 1620. The molecule has 0 aliphatic carbocycles. The van der Waals surface area contributed by atoms with Crippen LogP contribution in [0.2, 0.25) is 10.0 Å². The van der Waals surface area contributed by atoms with E-state index in [1.807, 2.05) is 36.5 Å². The minimum atomic E-state index is -1.80. The molecule has 4 N–H and O–H groups in total. The van der Waals surface area contributed by atoms with Crippen molar-refractivity contribution in [1.82, 2.24) is 10.4 Å². The summed E-state index contributed by atoms with van der Waals surface area (Å²) in [5, 5.41) is 27.6. The molecule has 1 unspecified atom stereocenters. The van der Waals surface area contributed by atoms with Crippen LogP contribution in [0.1, 0.15) is 35.9 Å². The predicted octanol–water partition coefficient (Wildman–Crippen LogP) is 5.03. The van der Waals surface area contributed by atoms with Crippen molar-refractivity contribution in [2.75, 3.05) is 18.5 Å². The molecule has 1 aliphatic rings. The molecular formula is C28H24Cl2N4O5. The number of hydrogen-bond donors (Lipinski definition) is 4. The molecule has 0 fully saturated rings. The van der Waals surface area contributed by atoms with Crippen LogP contribution in [0.25, 0.3) is 33.5 Å². The van der Waals surface area contributed by atoms with Gasteiger partial charge in [-0.2, -0.15) is 5.10 Å². The lowest BCUT2D eigenvalue weighted by molar-refractivity contribution is -0.118. The van der Waals surface area contributed by atoms with Gasteiger partial charge in [0.2, 0.25) is 17.4 Å². The monoisotopic (exact) mass is 566 g/mol. The van der Waals surface area contributed by atoms with Crippen LogP contribution in [0.3, 0.4) is 0 Å². The number of carbonyl (C=O) groups is 2. The van der Waals surface area contributed by atoms with E-state index in [1.54, 1.807) is 18.2 Å². The molecule has 0 saturated carbocycles. The van der Waals surface area contributed by atoms with Crippen LogP contribution < -0.4 is 10.7 Å². The molecule has 0 radical (unpaired) electrons. The third kappa shape index (κ3) is 5.26. The molecule has 3 heterocycles. The Morgan fingerprint density at radius 1 is 1.13 bits per heavy atom. The number of aliphatic hydroxyl groups is 2. The number of amides is 1. The minimum Gasteiger partial charge on any atom is -0.432 e. The number of carbonyl (C=O) groups excluding carboxylic acids is 2. The van der Waals surface area contributed by atoms with Crippen molar-refractivity contribution in [3.8, 4) is 22.4 Å². The molecule has 4 aromatic rings. The molecule has 200 valence electrons. The number of anilines is 1. The largest absolute Gasteiger partial charge is 0.432 e. The average molecular weight is 567 g/mol. The van der Waals surface area contributed by atoms with E-state index in [0.717, 1.165) is 11.1 Å². The number of halogens is 2. The number of fused-ring (bicyclic) bond motifs is 1. The van der Waals surface area contributed by atoms with E-state index >= 15 is 0 Å². The van der Waals surface area contributed by atoms with Gasteiger partial charge in [-0.1, -0.05) is 47.5 Å². The molecule has 11 heteroatoms. The van der Waals surface area contributed by atoms with Gasteiger partial charge in [0.05, 0.1) is 16.1 Å². The van der Waals surface area contributed by atoms with Gasteiger partial charge in [0.1, 0.15) is 17.9 Å². The number of aliphatic hydroxyl groups excluding tert-OH is 1. The van der Waals surface area contributed by atoms with Gasteiger partial charge in [0.15, 0.2) is 5.76 Å². The lowest BCUT2D eigenvalue weighted by Gasteiger charge is -2.14. The molecule has 1 aliphatic heterocycles. The number of nitrogens with zero attached hydrogens (tertiary/aromatic N) is 2. The van der Waals surface area contributed by atoms with Crippen LogP contribution in [-0.2, 0) is 4.79 Å². The maximum Gasteiger partial charge on any atom is 0.250 e. The molecule has 1 amide bonds. The Labute approximate surface area is 233 Å². The number of Topliss-reactive ketones (excluding diaryl/α,β-unsaturated/α-hetero) is 1. The van der Waals surface area contributed by atoms with Crippen LogP contribution >= 0.6 is 23.2 Å². The molecule has 2 aromatic carbocycles. The topological polar surface area (TPSA) is 137 Å². The van der Waals surface area contributed by atoms with Gasteiger partial charge >= 0.3 is 0 Å². The fourth-order valence-corrected chi connectivity index (χ4v) is 4.73. The minimum absolute atomic E-state index is 0.0000889. The number of rotatable bonds is 7. The Balaban J connectivity index is 1.76. The lowest BCUT2D eigenvalue weighted by Crippen LogP contribution is -2.31. The predicted molar refractivity (Wildman–Crippen MR) is 150 cm³/mol. The highest BCUT2D eigenvalue weighted by Crippen LogP contribution is 2.41. The summed E-state index contributed by atoms with van der Waals surface area (Å²) in [6.45, 7) is 2.47. The van der Waals surface area contributed by atoms with Crippen LogP contribution in [0, 0.1) is 0 Å². The summed E-state index contributed by atoms with van der Waals surface area (Å²) in [5.74, 6) is -1.73. The molecule has 2 aromatic heterocycles. The van der Waals surface area contributed by atoms with Crippen molar-refractivity contribution in [3.63, 3.8) is 0 Å². The molecule has 39 heavy (non-hydrogen) atoms. The maximum atomic E-state index is 13.1. The fourth-order valence-electron chi connectivity index (χ4n) is 4.32. The van der Waals surface area contributed by atoms with Crippen LogP contribution in [0.5, 0.6) is 0 Å². The Morgan fingerprint density at radius 2 is 1.87 bits per heavy atom. The molecule has 0 spiro atoms. The Hall–Kier alpha value is -3.76. The number of nitrogens with one attached hydrogen (secondary N) is 2. The van der Waals surface area contributed by atoms with Crippen LogP contribution in [0.4, 0.5) is 5.69 Å². The number of ketones is 1. The van der Waals surface area contributed by atoms with Gasteiger partial charge < -0.3 is 25.4 Å². The molecule has 1 atom stereocenters. The van der Waals surface area contributed by atoms with Gasteiger partial charge in [0.25, 0.3) is 0 Å². The highest BCUT2D eigenvalue weighted by Gasteiger charge is 2.33. The second-order valence-corrected chi connectivity index (χ2v) is 10.5. The van der Waals surface area contributed by atoms with Gasteiger partial charge in [-0.15, -0.1) is 0 Å². The normalized spacial score (nSPS) is 15.0. The van der Waals surface area contributed by atoms with Gasteiger partial charge in [-0.05, 0) is 49.2 Å². The summed E-state index contributed by atoms with van der Waals surface area (Å²) in [7, 11) is 0. The van der Waals surface area contributed by atoms with Gasteiger partial charge in [0, 0.05) is 34.8 Å². The van der Waals surface area contributed by atoms with Crippen molar-refractivity contribution < 1.29 is 24.2 Å². The zero-order valence-electron chi connectivity index (χ0n) is 21.0. The lowest BCUT2D eigenvalue weighted by atomic mass is 9.94. The first-order valence-corrected chi connectivity index (χ1v) is 12.8. The number of hydrogen-bond acceptors (Lipinski definition) is 8. The zero-order chi connectivity index (χ0) is 27.9. The van der Waals surface area contributed by atoms with Crippen LogP contribution in [0.15, 0.2) is 58.0 Å². The fraction of sp³-hybridized carbons (Fsp3) is 0.214. The molecule has 5 rings (SSSR count). The van der Waals surface area contributed by atoms with E-state index in [1.165, 1.54) is 13.8 Å². The highest BCUT2D eigenvalue weighted by molar-refractivity contribution is 6.33. The first kappa shape index (κ1) is 26.8. The Morgan fingerprint density at radius 3 is 2.49 bits per heavy atom. The van der Waals surface area contributed by atoms with E-state index in [2.05, 4.69) is 15.8 Å². The summed E-state index contributed by atoms with van der Waals surface area (Å²) in [6, 6.07) is 14.5. The summed E-state index contributed by atoms with van der Waals surface area (Å²) in [5.41, 5.74) is 4.61. The van der Waals surface area contributed by atoms with E-state index in [-0.39, 0.29) is 23.1 Å². The number of hydrazone groups is 1. The number of furan rings is 1. The van der Waals surface area contributed by atoms with Gasteiger partial charge in [-0.25, -0.2) is 4.98 Å². The second-order valence-electron chi connectivity index (χ2n) is 9.63. The van der Waals surface area contributed by atoms with E-state index in [0.29, 0.717) is 38.8 Å². The van der Waals surface area contributed by atoms with Crippen LogP contribution in [-0.4, -0.2) is 51.9 Å². The van der Waals surface area contributed by atoms with Crippen molar-refractivity contribution >= 4 is 57.9 Å². The third-order valence-corrected chi connectivity index (χ3v) is 6.91. The summed E-state index contributed by atoms with van der Waals surface area (Å²) in [4.78, 5) is 30.0. The maximum absolute atomic E-state index is 13.1. The highest BCUT2D eigenvalue weighted by atomic mass is 35.5. The summed E-state index contributed by atoms with van der Waals surface area (Å²) < 4.78 is 5.84. The standard InChI is InChI=1S/C28H24Cl2N4O5/c1-28(2,38)26(37)25-24(33-22(36)13-35)20-10-19(14-3-6-17(29)7-4-14)23(34-27(20)39-25)18-8-5-15(9-21(18)30)16-11-31-32-12-16/h3-11,16,32,35,38H,12-13H2,1-2H3,(H,33,36). The van der Waals surface area contributed by atoms with Crippen molar-refractivity contribution in [3.05, 3.63) is 69.9 Å². The van der Waals surface area contributed by atoms with Gasteiger partial charge in [-0.3, -0.25) is 9.59 Å².